The van der Waals surface area contributed by atoms with E-state index < -0.39 is 17.7 Å². The Balaban J connectivity index is 1.53. The first kappa shape index (κ1) is 18.7. The SMILES string of the molecule is CC(=O)c1sc(NC(=O)c2ccc(N3C(=O)c4ccccc4C3=O)cc2)nc1C. The number of rotatable bonds is 4. The highest BCUT2D eigenvalue weighted by Gasteiger charge is 2.36. The molecular formula is C21H15N3O4S. The minimum atomic E-state index is -0.400. The summed E-state index contributed by atoms with van der Waals surface area (Å²) in [7, 11) is 0. The maximum absolute atomic E-state index is 12.5. The van der Waals surface area contributed by atoms with E-state index in [1.807, 2.05) is 0 Å². The summed E-state index contributed by atoms with van der Waals surface area (Å²) in [4.78, 5) is 54.9. The molecule has 0 unspecified atom stereocenters. The van der Waals surface area contributed by atoms with Crippen molar-refractivity contribution in [3.63, 3.8) is 0 Å². The Morgan fingerprint density at radius 2 is 1.55 bits per heavy atom. The van der Waals surface area contributed by atoms with Crippen LogP contribution >= 0.6 is 11.3 Å². The highest BCUT2D eigenvalue weighted by atomic mass is 32.1. The third-order valence-corrected chi connectivity index (χ3v) is 5.69. The van der Waals surface area contributed by atoms with Crippen molar-refractivity contribution in [1.29, 1.82) is 0 Å². The van der Waals surface area contributed by atoms with E-state index in [2.05, 4.69) is 10.3 Å². The minimum Gasteiger partial charge on any atom is -0.298 e. The summed E-state index contributed by atoms with van der Waals surface area (Å²) >= 11 is 1.12. The maximum atomic E-state index is 12.5. The van der Waals surface area contributed by atoms with Gasteiger partial charge in [-0.05, 0) is 43.3 Å². The van der Waals surface area contributed by atoms with Crippen molar-refractivity contribution in [3.05, 3.63) is 75.8 Å². The van der Waals surface area contributed by atoms with Crippen molar-refractivity contribution < 1.29 is 19.2 Å². The van der Waals surface area contributed by atoms with E-state index in [0.717, 1.165) is 16.2 Å². The number of nitrogens with zero attached hydrogens (tertiary/aromatic N) is 2. The summed E-state index contributed by atoms with van der Waals surface area (Å²) in [5.74, 6) is -1.29. The van der Waals surface area contributed by atoms with Crippen molar-refractivity contribution in [1.82, 2.24) is 4.98 Å². The molecule has 0 atom stereocenters. The molecule has 144 valence electrons. The van der Waals surface area contributed by atoms with E-state index in [1.165, 1.54) is 19.1 Å². The number of imide groups is 1. The predicted molar refractivity (Wildman–Crippen MR) is 109 cm³/mol. The van der Waals surface area contributed by atoms with E-state index in [0.29, 0.717) is 38.1 Å². The average Bonchev–Trinajstić information content (AvgIpc) is 3.20. The molecule has 7 nitrogen and oxygen atoms in total. The summed E-state index contributed by atoms with van der Waals surface area (Å²) in [5.41, 5.74) is 2.01. The molecule has 0 radical (unpaired) electrons. The van der Waals surface area contributed by atoms with Gasteiger partial charge in [0.05, 0.1) is 27.4 Å². The molecule has 1 aliphatic heterocycles. The van der Waals surface area contributed by atoms with Crippen LogP contribution in [0.1, 0.15) is 53.4 Å². The van der Waals surface area contributed by atoms with E-state index in [1.54, 1.807) is 43.3 Å². The molecule has 0 fully saturated rings. The van der Waals surface area contributed by atoms with Crippen LogP contribution in [0.5, 0.6) is 0 Å². The van der Waals surface area contributed by atoms with Gasteiger partial charge < -0.3 is 0 Å². The van der Waals surface area contributed by atoms with Crippen molar-refractivity contribution >= 4 is 45.7 Å². The lowest BCUT2D eigenvalue weighted by molar-refractivity contribution is 0.0924. The highest BCUT2D eigenvalue weighted by molar-refractivity contribution is 7.17. The van der Waals surface area contributed by atoms with Gasteiger partial charge in [-0.25, -0.2) is 9.88 Å². The molecular weight excluding hydrogens is 390 g/mol. The number of fused-ring (bicyclic) bond motifs is 1. The van der Waals surface area contributed by atoms with Gasteiger partial charge in [-0.15, -0.1) is 0 Å². The number of hydrogen-bond acceptors (Lipinski definition) is 6. The van der Waals surface area contributed by atoms with Gasteiger partial charge in [-0.3, -0.25) is 24.5 Å². The van der Waals surface area contributed by atoms with E-state index in [-0.39, 0.29) is 5.78 Å². The number of aryl methyl sites for hydroxylation is 1. The van der Waals surface area contributed by atoms with Gasteiger partial charge in [0.1, 0.15) is 0 Å². The van der Waals surface area contributed by atoms with Crippen LogP contribution in [-0.4, -0.2) is 28.5 Å². The summed E-state index contributed by atoms with van der Waals surface area (Å²) in [6.07, 6.45) is 0. The normalized spacial score (nSPS) is 12.8. The summed E-state index contributed by atoms with van der Waals surface area (Å²) in [5, 5.41) is 3.00. The van der Waals surface area contributed by atoms with Crippen LogP contribution in [0.15, 0.2) is 48.5 Å². The van der Waals surface area contributed by atoms with Crippen molar-refractivity contribution in [2.45, 2.75) is 13.8 Å². The molecule has 1 aliphatic rings. The van der Waals surface area contributed by atoms with E-state index >= 15 is 0 Å². The Morgan fingerprint density at radius 3 is 2.07 bits per heavy atom. The first-order valence-corrected chi connectivity index (χ1v) is 9.56. The molecule has 3 aromatic rings. The van der Waals surface area contributed by atoms with Gasteiger partial charge in [0.2, 0.25) is 0 Å². The number of aromatic nitrogens is 1. The second-order valence-electron chi connectivity index (χ2n) is 6.48. The minimum absolute atomic E-state index is 0.106. The van der Waals surface area contributed by atoms with Gasteiger partial charge in [-0.2, -0.15) is 0 Å². The number of carbonyl (C=O) groups excluding carboxylic acids is 4. The summed E-state index contributed by atoms with van der Waals surface area (Å²) < 4.78 is 0. The number of anilines is 2. The smallest absolute Gasteiger partial charge is 0.266 e. The number of carbonyl (C=O) groups is 4. The Hall–Kier alpha value is -3.65. The lowest BCUT2D eigenvalue weighted by atomic mass is 10.1. The van der Waals surface area contributed by atoms with E-state index in [9.17, 15) is 19.2 Å². The largest absolute Gasteiger partial charge is 0.298 e. The Labute approximate surface area is 170 Å². The van der Waals surface area contributed by atoms with Crippen LogP contribution in [0.2, 0.25) is 0 Å². The predicted octanol–water partition coefficient (Wildman–Crippen LogP) is 3.71. The number of ketones is 1. The zero-order valence-electron chi connectivity index (χ0n) is 15.6. The van der Waals surface area contributed by atoms with E-state index in [4.69, 9.17) is 0 Å². The number of Topliss-reactive ketones (excluding diaryl/α,β-unsaturated/α-hetero) is 1. The number of thiazole rings is 1. The van der Waals surface area contributed by atoms with Crippen molar-refractivity contribution in [3.8, 4) is 0 Å². The topological polar surface area (TPSA) is 96.4 Å². The molecule has 0 aliphatic carbocycles. The van der Waals surface area contributed by atoms with Crippen LogP contribution < -0.4 is 10.2 Å². The monoisotopic (exact) mass is 405 g/mol. The molecule has 0 saturated heterocycles. The molecule has 1 aromatic heterocycles. The van der Waals surface area contributed by atoms with Crippen molar-refractivity contribution in [2.24, 2.45) is 0 Å². The third kappa shape index (κ3) is 3.23. The molecule has 0 saturated carbocycles. The van der Waals surface area contributed by atoms with Crippen LogP contribution in [0.4, 0.5) is 10.8 Å². The number of hydrogen-bond donors (Lipinski definition) is 1. The number of benzene rings is 2. The first-order valence-electron chi connectivity index (χ1n) is 8.74. The Bertz CT molecular complexity index is 1150. The molecule has 2 aromatic carbocycles. The van der Waals surface area contributed by atoms with Crippen LogP contribution in [0.3, 0.4) is 0 Å². The number of nitrogens with one attached hydrogen (secondary N) is 1. The molecule has 0 spiro atoms. The quantitative estimate of drug-likeness (QED) is 0.527. The molecule has 3 amide bonds. The standard InChI is InChI=1S/C21H15N3O4S/c1-11-17(12(2)25)29-21(22-11)23-18(26)13-7-9-14(10-8-13)24-19(27)15-5-3-4-6-16(15)20(24)28/h3-10H,1-2H3,(H,22,23,26). The maximum Gasteiger partial charge on any atom is 0.266 e. The lowest BCUT2D eigenvalue weighted by Gasteiger charge is -2.14. The summed E-state index contributed by atoms with van der Waals surface area (Å²) in [6.45, 7) is 3.16. The second-order valence-corrected chi connectivity index (χ2v) is 7.48. The third-order valence-electron chi connectivity index (χ3n) is 4.52. The zero-order valence-corrected chi connectivity index (χ0v) is 16.4. The number of amides is 3. The molecule has 1 N–H and O–H groups in total. The molecule has 8 heteroatoms. The van der Waals surface area contributed by atoms with Crippen LogP contribution in [-0.2, 0) is 0 Å². The van der Waals surface area contributed by atoms with Crippen molar-refractivity contribution in [2.75, 3.05) is 10.2 Å². The summed E-state index contributed by atoms with van der Waals surface area (Å²) in [6, 6.07) is 12.8. The molecule has 29 heavy (non-hydrogen) atoms. The average molecular weight is 405 g/mol. The molecule has 4 rings (SSSR count). The van der Waals surface area contributed by atoms with Gasteiger partial charge >= 0.3 is 0 Å². The van der Waals surface area contributed by atoms with Gasteiger partial charge in [0.25, 0.3) is 17.7 Å². The van der Waals surface area contributed by atoms with Gasteiger partial charge in [0, 0.05) is 12.5 Å². The van der Waals surface area contributed by atoms with Gasteiger partial charge in [-0.1, -0.05) is 23.5 Å². The fourth-order valence-electron chi connectivity index (χ4n) is 3.13. The second kappa shape index (κ2) is 7.06. The molecule has 0 bridgehead atoms. The zero-order chi connectivity index (χ0) is 20.7. The first-order chi connectivity index (χ1) is 13.9. The Morgan fingerprint density at radius 1 is 0.966 bits per heavy atom. The Kier molecular flexibility index (Phi) is 4.56. The fourth-order valence-corrected chi connectivity index (χ4v) is 3.99. The fraction of sp³-hybridized carbons (Fsp3) is 0.0952. The van der Waals surface area contributed by atoms with Crippen LogP contribution in [0.25, 0.3) is 0 Å². The van der Waals surface area contributed by atoms with Crippen LogP contribution in [0, 0.1) is 6.92 Å². The van der Waals surface area contributed by atoms with Gasteiger partial charge in [0.15, 0.2) is 10.9 Å². The lowest BCUT2D eigenvalue weighted by Crippen LogP contribution is -2.29. The molecule has 2 heterocycles. The highest BCUT2D eigenvalue weighted by Crippen LogP contribution is 2.29.